The fourth-order valence-electron chi connectivity index (χ4n) is 9.73. The van der Waals surface area contributed by atoms with Crippen LogP contribution < -0.4 is 4.90 Å². The molecule has 1 heteroatoms. The van der Waals surface area contributed by atoms with Crippen molar-refractivity contribution in [1.82, 2.24) is 0 Å². The molecule has 0 atom stereocenters. The third-order valence-corrected chi connectivity index (χ3v) is 12.8. The monoisotopic (exact) mass is 709 g/mol. The zero-order chi connectivity index (χ0) is 37.9. The standard InChI is InChI=1S/C54H47N/c1-52(2,3)38-22-24-39(25-23-38)55(40-26-28-48-45(33-40)44-30-35-15-8-9-16-36(35)32-49(44)54(48,6)7)50-29-21-34-14-10-11-17-41(34)51(50)37-20-27-47-43(31-37)42-18-12-13-19-46(42)53(47,4)5/h8-33H,1-7H3. The second-order valence-electron chi connectivity index (χ2n) is 17.8. The highest BCUT2D eigenvalue weighted by Crippen LogP contribution is 2.54. The van der Waals surface area contributed by atoms with Gasteiger partial charge in [0.15, 0.2) is 0 Å². The van der Waals surface area contributed by atoms with Crippen molar-refractivity contribution in [2.24, 2.45) is 0 Å². The summed E-state index contributed by atoms with van der Waals surface area (Å²) < 4.78 is 0. The molecule has 0 saturated heterocycles. The second-order valence-corrected chi connectivity index (χ2v) is 17.8. The molecule has 0 aromatic heterocycles. The van der Waals surface area contributed by atoms with Crippen molar-refractivity contribution in [3.8, 4) is 33.4 Å². The van der Waals surface area contributed by atoms with Gasteiger partial charge in [-0.2, -0.15) is 0 Å². The molecule has 0 saturated carbocycles. The average molecular weight is 710 g/mol. The van der Waals surface area contributed by atoms with Gasteiger partial charge in [-0.15, -0.1) is 0 Å². The first-order valence-electron chi connectivity index (χ1n) is 19.8. The fourth-order valence-corrected chi connectivity index (χ4v) is 9.73. The minimum atomic E-state index is -0.102. The molecule has 8 aromatic rings. The van der Waals surface area contributed by atoms with E-state index in [4.69, 9.17) is 0 Å². The molecule has 0 aliphatic heterocycles. The van der Waals surface area contributed by atoms with E-state index in [1.165, 1.54) is 88.4 Å². The Labute approximate surface area is 325 Å². The van der Waals surface area contributed by atoms with E-state index >= 15 is 0 Å². The molecule has 2 aliphatic rings. The molecule has 268 valence electrons. The minimum absolute atomic E-state index is 0.0489. The van der Waals surface area contributed by atoms with Gasteiger partial charge in [-0.05, 0) is 131 Å². The largest absolute Gasteiger partial charge is 0.310 e. The van der Waals surface area contributed by atoms with Crippen molar-refractivity contribution in [3.05, 3.63) is 186 Å². The van der Waals surface area contributed by atoms with E-state index in [0.29, 0.717) is 0 Å². The molecule has 10 rings (SSSR count). The van der Waals surface area contributed by atoms with Crippen molar-refractivity contribution in [2.45, 2.75) is 64.7 Å². The van der Waals surface area contributed by atoms with Crippen molar-refractivity contribution in [3.63, 3.8) is 0 Å². The zero-order valence-corrected chi connectivity index (χ0v) is 33.0. The van der Waals surface area contributed by atoms with Gasteiger partial charge in [-0.3, -0.25) is 0 Å². The van der Waals surface area contributed by atoms with Gasteiger partial charge in [0.05, 0.1) is 5.69 Å². The van der Waals surface area contributed by atoms with Crippen LogP contribution in [0.25, 0.3) is 54.9 Å². The highest BCUT2D eigenvalue weighted by atomic mass is 15.1. The summed E-state index contributed by atoms with van der Waals surface area (Å²) in [5, 5.41) is 5.06. The summed E-state index contributed by atoms with van der Waals surface area (Å²) in [4.78, 5) is 2.51. The highest BCUT2D eigenvalue weighted by Gasteiger charge is 2.37. The zero-order valence-electron chi connectivity index (χ0n) is 33.0. The SMILES string of the molecule is CC(C)(C)c1ccc(N(c2ccc3c(c2)-c2cc4ccccc4cc2C3(C)C)c2ccc3ccccc3c2-c2ccc3c(c2)-c2ccccc2C3(C)C)cc1. The summed E-state index contributed by atoms with van der Waals surface area (Å²) in [6.07, 6.45) is 0. The first-order valence-corrected chi connectivity index (χ1v) is 19.8. The molecule has 0 amide bonds. The predicted octanol–water partition coefficient (Wildman–Crippen LogP) is 15.0. The van der Waals surface area contributed by atoms with Crippen molar-refractivity contribution >= 4 is 38.6 Å². The third-order valence-electron chi connectivity index (χ3n) is 12.8. The van der Waals surface area contributed by atoms with Crippen molar-refractivity contribution in [1.29, 1.82) is 0 Å². The second kappa shape index (κ2) is 11.8. The van der Waals surface area contributed by atoms with Gasteiger partial charge >= 0.3 is 0 Å². The Kier molecular flexibility index (Phi) is 7.21. The summed E-state index contributed by atoms with van der Waals surface area (Å²) in [7, 11) is 0. The number of fused-ring (bicyclic) bond motifs is 8. The lowest BCUT2D eigenvalue weighted by Crippen LogP contribution is -2.16. The Bertz CT molecular complexity index is 2840. The lowest BCUT2D eigenvalue weighted by Gasteiger charge is -2.30. The van der Waals surface area contributed by atoms with Gasteiger partial charge in [-0.1, -0.05) is 158 Å². The third kappa shape index (κ3) is 5.06. The van der Waals surface area contributed by atoms with Crippen LogP contribution in [-0.4, -0.2) is 0 Å². The summed E-state index contributed by atoms with van der Waals surface area (Å²) in [6.45, 7) is 16.3. The molecular formula is C54H47N. The van der Waals surface area contributed by atoms with Crippen LogP contribution in [0.15, 0.2) is 158 Å². The first-order chi connectivity index (χ1) is 26.4. The number of nitrogens with zero attached hydrogens (tertiary/aromatic N) is 1. The summed E-state index contributed by atoms with van der Waals surface area (Å²) >= 11 is 0. The van der Waals surface area contributed by atoms with E-state index in [2.05, 4.69) is 211 Å². The van der Waals surface area contributed by atoms with E-state index in [0.717, 1.165) is 11.4 Å². The van der Waals surface area contributed by atoms with E-state index in [1.54, 1.807) is 0 Å². The quantitative estimate of drug-likeness (QED) is 0.176. The van der Waals surface area contributed by atoms with Gasteiger partial charge in [0.2, 0.25) is 0 Å². The van der Waals surface area contributed by atoms with E-state index in [9.17, 15) is 0 Å². The number of hydrogen-bond donors (Lipinski definition) is 0. The Balaban J connectivity index is 1.23. The lowest BCUT2D eigenvalue weighted by molar-refractivity contribution is 0.590. The van der Waals surface area contributed by atoms with Crippen LogP contribution in [0.5, 0.6) is 0 Å². The topological polar surface area (TPSA) is 3.24 Å². The maximum Gasteiger partial charge on any atom is 0.0546 e. The molecule has 0 radical (unpaired) electrons. The molecule has 0 fully saturated rings. The predicted molar refractivity (Wildman–Crippen MR) is 235 cm³/mol. The molecule has 55 heavy (non-hydrogen) atoms. The van der Waals surface area contributed by atoms with E-state index in [1.807, 2.05) is 0 Å². The maximum atomic E-state index is 2.51. The highest BCUT2D eigenvalue weighted by molar-refractivity contribution is 6.06. The summed E-state index contributed by atoms with van der Waals surface area (Å²) in [5.74, 6) is 0. The van der Waals surface area contributed by atoms with Gasteiger partial charge in [0.1, 0.15) is 0 Å². The molecule has 2 aliphatic carbocycles. The lowest BCUT2D eigenvalue weighted by atomic mass is 9.82. The molecule has 0 spiro atoms. The summed E-state index contributed by atoms with van der Waals surface area (Å²) in [6, 6.07) is 59.8. The van der Waals surface area contributed by atoms with Crippen LogP contribution in [0.1, 0.15) is 76.3 Å². The minimum Gasteiger partial charge on any atom is -0.310 e. The molecule has 0 unspecified atom stereocenters. The molecular weight excluding hydrogens is 663 g/mol. The van der Waals surface area contributed by atoms with Crippen LogP contribution in [0.2, 0.25) is 0 Å². The average Bonchev–Trinajstić information content (AvgIpc) is 3.55. The Morgan fingerprint density at radius 2 is 0.982 bits per heavy atom. The number of rotatable bonds is 4. The van der Waals surface area contributed by atoms with Gasteiger partial charge < -0.3 is 4.90 Å². The van der Waals surface area contributed by atoms with Gasteiger partial charge in [-0.25, -0.2) is 0 Å². The van der Waals surface area contributed by atoms with Crippen molar-refractivity contribution < 1.29 is 0 Å². The van der Waals surface area contributed by atoms with Crippen LogP contribution >= 0.6 is 0 Å². The van der Waals surface area contributed by atoms with Crippen LogP contribution in [-0.2, 0) is 16.2 Å². The van der Waals surface area contributed by atoms with E-state index < -0.39 is 0 Å². The Morgan fingerprint density at radius 1 is 0.418 bits per heavy atom. The fraction of sp³-hybridized carbons (Fsp3) is 0.185. The molecule has 0 bridgehead atoms. The normalized spacial score (nSPS) is 14.7. The van der Waals surface area contributed by atoms with Gasteiger partial charge in [0.25, 0.3) is 0 Å². The van der Waals surface area contributed by atoms with Crippen LogP contribution in [0.3, 0.4) is 0 Å². The Hall–Kier alpha value is -5.92. The molecule has 0 heterocycles. The molecule has 0 N–H and O–H groups in total. The molecule has 8 aromatic carbocycles. The van der Waals surface area contributed by atoms with Gasteiger partial charge in [0, 0.05) is 27.8 Å². The number of hydrogen-bond acceptors (Lipinski definition) is 1. The number of benzene rings is 8. The number of anilines is 3. The van der Waals surface area contributed by atoms with E-state index in [-0.39, 0.29) is 16.2 Å². The first kappa shape index (κ1) is 33.6. The molecule has 1 nitrogen and oxygen atoms in total. The van der Waals surface area contributed by atoms with Crippen molar-refractivity contribution in [2.75, 3.05) is 4.90 Å². The Morgan fingerprint density at radius 3 is 1.73 bits per heavy atom. The van der Waals surface area contributed by atoms with Crippen LogP contribution in [0, 0.1) is 0 Å². The smallest absolute Gasteiger partial charge is 0.0546 e. The maximum absolute atomic E-state index is 2.51. The van der Waals surface area contributed by atoms with Crippen LogP contribution in [0.4, 0.5) is 17.1 Å². The summed E-state index contributed by atoms with van der Waals surface area (Å²) in [5.41, 5.74) is 18.1.